The van der Waals surface area contributed by atoms with E-state index in [9.17, 15) is 0 Å². The highest BCUT2D eigenvalue weighted by Crippen LogP contribution is 2.18. The van der Waals surface area contributed by atoms with Gasteiger partial charge in [-0.2, -0.15) is 0 Å². The molecule has 1 saturated heterocycles. The molecular formula is C11H19N3O. The quantitative estimate of drug-likeness (QED) is 0.804. The molecule has 0 spiro atoms. The van der Waals surface area contributed by atoms with Gasteiger partial charge in [0.25, 0.3) is 0 Å². The summed E-state index contributed by atoms with van der Waals surface area (Å²) in [4.78, 5) is 6.68. The van der Waals surface area contributed by atoms with Crippen molar-refractivity contribution in [2.24, 2.45) is 5.92 Å². The van der Waals surface area contributed by atoms with Crippen molar-refractivity contribution >= 4 is 0 Å². The van der Waals surface area contributed by atoms with Gasteiger partial charge in [0.05, 0.1) is 5.69 Å². The van der Waals surface area contributed by atoms with Gasteiger partial charge in [0.2, 0.25) is 0 Å². The van der Waals surface area contributed by atoms with Gasteiger partial charge in [-0.1, -0.05) is 0 Å². The summed E-state index contributed by atoms with van der Waals surface area (Å²) in [5.41, 5.74) is 1.08. The summed E-state index contributed by atoms with van der Waals surface area (Å²) in [7, 11) is 2.02. The molecule has 1 atom stereocenters. The van der Waals surface area contributed by atoms with Crippen LogP contribution in [0, 0.1) is 12.8 Å². The zero-order chi connectivity index (χ0) is 10.7. The lowest BCUT2D eigenvalue weighted by Crippen LogP contribution is -2.24. The van der Waals surface area contributed by atoms with E-state index in [-0.39, 0.29) is 0 Å². The van der Waals surface area contributed by atoms with Crippen molar-refractivity contribution in [3.05, 3.63) is 17.8 Å². The molecule has 0 amide bonds. The molecule has 1 aromatic rings. The number of hydrogen-bond donors (Lipinski definition) is 1. The number of hydrogen-bond acceptors (Lipinski definition) is 4. The second kappa shape index (κ2) is 4.77. The first-order valence-electron chi connectivity index (χ1n) is 5.55. The van der Waals surface area contributed by atoms with E-state index in [1.807, 2.05) is 14.0 Å². The van der Waals surface area contributed by atoms with E-state index in [0.29, 0.717) is 0 Å². The Morgan fingerprint density at radius 2 is 2.53 bits per heavy atom. The zero-order valence-electron chi connectivity index (χ0n) is 9.49. The van der Waals surface area contributed by atoms with Crippen LogP contribution in [0.25, 0.3) is 0 Å². The maximum absolute atomic E-state index is 5.20. The summed E-state index contributed by atoms with van der Waals surface area (Å²) in [5, 5.41) is 3.24. The maximum atomic E-state index is 5.20. The SMILES string of the molecule is CNCC1CCN(Cc2ncoc2C)C1. The molecule has 15 heavy (non-hydrogen) atoms. The molecule has 0 aliphatic carbocycles. The molecular weight excluding hydrogens is 190 g/mol. The molecule has 84 valence electrons. The Bertz CT molecular complexity index is 311. The topological polar surface area (TPSA) is 41.3 Å². The molecule has 0 radical (unpaired) electrons. The summed E-state index contributed by atoms with van der Waals surface area (Å²) < 4.78 is 5.20. The van der Waals surface area contributed by atoms with Gasteiger partial charge in [0.1, 0.15) is 5.76 Å². The van der Waals surface area contributed by atoms with Crippen LogP contribution in [0.15, 0.2) is 10.8 Å². The van der Waals surface area contributed by atoms with Crippen LogP contribution in [0.4, 0.5) is 0 Å². The second-order valence-corrected chi connectivity index (χ2v) is 4.30. The average molecular weight is 209 g/mol. The predicted octanol–water partition coefficient (Wildman–Crippen LogP) is 1.02. The molecule has 1 fully saturated rings. The third-order valence-electron chi connectivity index (χ3n) is 3.08. The molecule has 2 heterocycles. The Morgan fingerprint density at radius 1 is 1.67 bits per heavy atom. The highest BCUT2D eigenvalue weighted by molar-refractivity contribution is 5.04. The first-order chi connectivity index (χ1) is 7.29. The monoisotopic (exact) mass is 209 g/mol. The fraction of sp³-hybridized carbons (Fsp3) is 0.727. The highest BCUT2D eigenvalue weighted by atomic mass is 16.3. The number of rotatable bonds is 4. The summed E-state index contributed by atoms with van der Waals surface area (Å²) >= 11 is 0. The molecule has 1 aliphatic rings. The van der Waals surface area contributed by atoms with Gasteiger partial charge in [-0.25, -0.2) is 4.98 Å². The number of aromatic nitrogens is 1. The van der Waals surface area contributed by atoms with Gasteiger partial charge in [-0.05, 0) is 39.4 Å². The Morgan fingerprint density at radius 3 is 3.20 bits per heavy atom. The van der Waals surface area contributed by atoms with Gasteiger partial charge in [0, 0.05) is 13.1 Å². The number of aryl methyl sites for hydroxylation is 1. The summed E-state index contributed by atoms with van der Waals surface area (Å²) in [5.74, 6) is 1.74. The van der Waals surface area contributed by atoms with Gasteiger partial charge in [0.15, 0.2) is 6.39 Å². The molecule has 0 bridgehead atoms. The normalized spacial score (nSPS) is 22.4. The van der Waals surface area contributed by atoms with Crippen molar-refractivity contribution in [2.75, 3.05) is 26.7 Å². The summed E-state index contributed by atoms with van der Waals surface area (Å²) in [6.45, 7) is 6.38. The molecule has 0 aromatic carbocycles. The van der Waals surface area contributed by atoms with Crippen molar-refractivity contribution in [3.63, 3.8) is 0 Å². The van der Waals surface area contributed by atoms with E-state index in [0.717, 1.165) is 30.5 Å². The van der Waals surface area contributed by atoms with Gasteiger partial charge >= 0.3 is 0 Å². The van der Waals surface area contributed by atoms with Crippen molar-refractivity contribution in [3.8, 4) is 0 Å². The van der Waals surface area contributed by atoms with Gasteiger partial charge in [-0.3, -0.25) is 4.90 Å². The Hall–Kier alpha value is -0.870. The van der Waals surface area contributed by atoms with Crippen LogP contribution in [0.1, 0.15) is 17.9 Å². The van der Waals surface area contributed by atoms with Gasteiger partial charge < -0.3 is 9.73 Å². The van der Waals surface area contributed by atoms with E-state index in [2.05, 4.69) is 15.2 Å². The lowest BCUT2D eigenvalue weighted by Gasteiger charge is -2.14. The van der Waals surface area contributed by atoms with Crippen LogP contribution in [0.5, 0.6) is 0 Å². The van der Waals surface area contributed by atoms with E-state index in [1.54, 1.807) is 0 Å². The molecule has 1 unspecified atom stereocenters. The molecule has 1 N–H and O–H groups in total. The van der Waals surface area contributed by atoms with Crippen LogP contribution in [-0.2, 0) is 6.54 Å². The number of nitrogens with one attached hydrogen (secondary N) is 1. The minimum atomic E-state index is 0.794. The first-order valence-corrected chi connectivity index (χ1v) is 5.55. The van der Waals surface area contributed by atoms with E-state index in [1.165, 1.54) is 25.9 Å². The minimum Gasteiger partial charge on any atom is -0.448 e. The lowest BCUT2D eigenvalue weighted by atomic mass is 10.1. The van der Waals surface area contributed by atoms with E-state index in [4.69, 9.17) is 4.42 Å². The summed E-state index contributed by atoms with van der Waals surface area (Å²) in [6.07, 6.45) is 2.82. The Balaban J connectivity index is 1.85. The molecule has 0 saturated carbocycles. The smallest absolute Gasteiger partial charge is 0.181 e. The van der Waals surface area contributed by atoms with E-state index < -0.39 is 0 Å². The average Bonchev–Trinajstić information content (AvgIpc) is 2.79. The third kappa shape index (κ3) is 2.58. The zero-order valence-corrected chi connectivity index (χ0v) is 9.49. The molecule has 1 aromatic heterocycles. The second-order valence-electron chi connectivity index (χ2n) is 4.30. The van der Waals surface area contributed by atoms with E-state index >= 15 is 0 Å². The first kappa shape index (κ1) is 10.6. The largest absolute Gasteiger partial charge is 0.448 e. The lowest BCUT2D eigenvalue weighted by molar-refractivity contribution is 0.310. The van der Waals surface area contributed by atoms with Crippen LogP contribution in [0.3, 0.4) is 0 Å². The molecule has 2 rings (SSSR count). The molecule has 4 nitrogen and oxygen atoms in total. The molecule has 4 heteroatoms. The van der Waals surface area contributed by atoms with Crippen molar-refractivity contribution < 1.29 is 4.42 Å². The van der Waals surface area contributed by atoms with Crippen molar-refractivity contribution in [2.45, 2.75) is 19.9 Å². The third-order valence-corrected chi connectivity index (χ3v) is 3.08. The fourth-order valence-corrected chi connectivity index (χ4v) is 2.20. The molecule has 1 aliphatic heterocycles. The standard InChI is InChI=1S/C11H19N3O/c1-9-11(13-8-15-9)7-14-4-3-10(6-14)5-12-2/h8,10,12H,3-7H2,1-2H3. The van der Waals surface area contributed by atoms with Crippen LogP contribution in [0.2, 0.25) is 0 Å². The van der Waals surface area contributed by atoms with Crippen molar-refractivity contribution in [1.29, 1.82) is 0 Å². The number of oxazole rings is 1. The van der Waals surface area contributed by atoms with Crippen LogP contribution < -0.4 is 5.32 Å². The summed E-state index contributed by atoms with van der Waals surface area (Å²) in [6, 6.07) is 0. The Kier molecular flexibility index (Phi) is 3.38. The minimum absolute atomic E-state index is 0.794. The highest BCUT2D eigenvalue weighted by Gasteiger charge is 2.22. The van der Waals surface area contributed by atoms with Gasteiger partial charge in [-0.15, -0.1) is 0 Å². The number of likely N-dealkylation sites (tertiary alicyclic amines) is 1. The number of nitrogens with zero attached hydrogens (tertiary/aromatic N) is 2. The fourth-order valence-electron chi connectivity index (χ4n) is 2.20. The maximum Gasteiger partial charge on any atom is 0.181 e. The van der Waals surface area contributed by atoms with Crippen molar-refractivity contribution in [1.82, 2.24) is 15.2 Å². The van der Waals surface area contributed by atoms with Crippen LogP contribution in [-0.4, -0.2) is 36.6 Å². The predicted molar refractivity (Wildman–Crippen MR) is 58.6 cm³/mol. The van der Waals surface area contributed by atoms with Crippen LogP contribution >= 0.6 is 0 Å². The Labute approximate surface area is 90.7 Å².